The van der Waals surface area contributed by atoms with Crippen LogP contribution in [0.25, 0.3) is 10.9 Å². The topological polar surface area (TPSA) is 62.1 Å². The van der Waals surface area contributed by atoms with Crippen LogP contribution in [-0.2, 0) is 6.42 Å². The average molecular weight is 341 g/mol. The molecule has 2 atom stereocenters. The van der Waals surface area contributed by atoms with E-state index in [2.05, 4.69) is 19.9 Å². The van der Waals surface area contributed by atoms with Crippen LogP contribution < -0.4 is 4.90 Å². The van der Waals surface area contributed by atoms with Gasteiger partial charge in [-0.05, 0) is 30.7 Å². The van der Waals surface area contributed by atoms with Gasteiger partial charge in [0.05, 0.1) is 17.3 Å². The van der Waals surface area contributed by atoms with Crippen LogP contribution in [0.4, 0.5) is 5.69 Å². The third-order valence-corrected chi connectivity index (χ3v) is 4.75. The van der Waals surface area contributed by atoms with Crippen molar-refractivity contribution in [3.05, 3.63) is 59.8 Å². The first-order chi connectivity index (χ1) is 11.7. The zero-order valence-electron chi connectivity index (χ0n) is 13.0. The highest BCUT2D eigenvalue weighted by Gasteiger charge is 2.32. The van der Waals surface area contributed by atoms with Crippen molar-refractivity contribution in [2.45, 2.75) is 12.5 Å². The fourth-order valence-electron chi connectivity index (χ4n) is 3.34. The maximum atomic E-state index is 10.5. The van der Waals surface area contributed by atoms with Crippen LogP contribution in [0.3, 0.4) is 0 Å². The summed E-state index contributed by atoms with van der Waals surface area (Å²) in [6.45, 7) is 1.38. The zero-order valence-corrected chi connectivity index (χ0v) is 13.8. The van der Waals surface area contributed by atoms with E-state index >= 15 is 0 Å². The molecule has 0 amide bonds. The summed E-state index contributed by atoms with van der Waals surface area (Å²) in [5.74, 6) is 0.136. The summed E-state index contributed by atoms with van der Waals surface area (Å²) in [6, 6.07) is 7.72. The van der Waals surface area contributed by atoms with Gasteiger partial charge in [-0.3, -0.25) is 15.0 Å². The molecule has 1 aliphatic rings. The van der Waals surface area contributed by atoms with Gasteiger partial charge in [0.1, 0.15) is 0 Å². The Hall–Kier alpha value is -2.24. The Bertz CT molecular complexity index is 858. The predicted molar refractivity (Wildman–Crippen MR) is 94.2 cm³/mol. The molecule has 0 radical (unpaired) electrons. The molecular formula is C18H17ClN4O. The van der Waals surface area contributed by atoms with Crippen LogP contribution in [-0.4, -0.2) is 39.3 Å². The van der Waals surface area contributed by atoms with Crippen molar-refractivity contribution in [1.82, 2.24) is 15.0 Å². The monoisotopic (exact) mass is 340 g/mol. The lowest BCUT2D eigenvalue weighted by Gasteiger charge is -2.20. The second-order valence-corrected chi connectivity index (χ2v) is 6.56. The Labute approximate surface area is 145 Å². The van der Waals surface area contributed by atoms with E-state index in [0.29, 0.717) is 11.6 Å². The second-order valence-electron chi connectivity index (χ2n) is 6.12. The molecule has 24 heavy (non-hydrogen) atoms. The van der Waals surface area contributed by atoms with Gasteiger partial charge in [-0.1, -0.05) is 11.6 Å². The Balaban J connectivity index is 1.60. The molecule has 0 bridgehead atoms. The Morgan fingerprint density at radius 2 is 2.04 bits per heavy atom. The van der Waals surface area contributed by atoms with Gasteiger partial charge >= 0.3 is 0 Å². The molecule has 2 aromatic heterocycles. The summed E-state index contributed by atoms with van der Waals surface area (Å²) in [5.41, 5.74) is 2.86. The molecule has 0 spiro atoms. The van der Waals surface area contributed by atoms with Gasteiger partial charge in [-0.2, -0.15) is 0 Å². The molecule has 1 fully saturated rings. The lowest BCUT2D eigenvalue weighted by Crippen LogP contribution is -2.21. The number of fused-ring (bicyclic) bond motifs is 1. The third-order valence-electron chi connectivity index (χ3n) is 4.52. The highest BCUT2D eigenvalue weighted by molar-refractivity contribution is 6.31. The van der Waals surface area contributed by atoms with Gasteiger partial charge in [0.15, 0.2) is 0 Å². The number of pyridine rings is 1. The van der Waals surface area contributed by atoms with Crippen molar-refractivity contribution in [3.8, 4) is 0 Å². The van der Waals surface area contributed by atoms with Crippen LogP contribution in [0.15, 0.2) is 49.1 Å². The molecule has 5 nitrogen and oxygen atoms in total. The van der Waals surface area contributed by atoms with Crippen LogP contribution in [0, 0.1) is 5.92 Å². The number of hydrogen-bond acceptors (Lipinski definition) is 5. The van der Waals surface area contributed by atoms with Crippen molar-refractivity contribution >= 4 is 28.2 Å². The van der Waals surface area contributed by atoms with Crippen LogP contribution in [0.1, 0.15) is 5.69 Å². The quantitative estimate of drug-likeness (QED) is 0.794. The minimum Gasteiger partial charge on any atom is -0.391 e. The first-order valence-corrected chi connectivity index (χ1v) is 8.30. The summed E-state index contributed by atoms with van der Waals surface area (Å²) in [7, 11) is 0. The van der Waals surface area contributed by atoms with Gasteiger partial charge in [-0.15, -0.1) is 0 Å². The molecule has 1 aliphatic heterocycles. The van der Waals surface area contributed by atoms with Crippen LogP contribution in [0.2, 0.25) is 5.02 Å². The number of rotatable bonds is 3. The molecule has 4 rings (SSSR count). The van der Waals surface area contributed by atoms with E-state index in [1.54, 1.807) is 24.8 Å². The van der Waals surface area contributed by atoms with Crippen molar-refractivity contribution in [3.63, 3.8) is 0 Å². The van der Waals surface area contributed by atoms with Gasteiger partial charge in [0.2, 0.25) is 0 Å². The number of hydrogen-bond donors (Lipinski definition) is 1. The van der Waals surface area contributed by atoms with Gasteiger partial charge in [0, 0.05) is 59.9 Å². The molecule has 6 heteroatoms. The number of nitrogens with zero attached hydrogens (tertiary/aromatic N) is 4. The lowest BCUT2D eigenvalue weighted by molar-refractivity contribution is 0.147. The smallest absolute Gasteiger partial charge is 0.0763 e. The van der Waals surface area contributed by atoms with E-state index in [1.165, 1.54) is 0 Å². The van der Waals surface area contributed by atoms with E-state index in [-0.39, 0.29) is 12.0 Å². The molecule has 122 valence electrons. The number of aromatic nitrogens is 3. The highest BCUT2D eigenvalue weighted by atomic mass is 35.5. The normalized spacial score (nSPS) is 20.7. The third kappa shape index (κ3) is 2.92. The zero-order chi connectivity index (χ0) is 16.5. The molecule has 3 aromatic rings. The van der Waals surface area contributed by atoms with Crippen LogP contribution >= 0.6 is 11.6 Å². The molecule has 0 saturated carbocycles. The summed E-state index contributed by atoms with van der Waals surface area (Å²) in [5, 5.41) is 12.2. The number of β-amino-alcohol motifs (C(OH)–C–C–N with tert-alkyl or cyclic N) is 1. The van der Waals surface area contributed by atoms with E-state index < -0.39 is 0 Å². The van der Waals surface area contributed by atoms with E-state index in [9.17, 15) is 5.11 Å². The summed E-state index contributed by atoms with van der Waals surface area (Å²) < 4.78 is 0. The summed E-state index contributed by atoms with van der Waals surface area (Å²) >= 11 is 6.06. The van der Waals surface area contributed by atoms with Gasteiger partial charge < -0.3 is 10.0 Å². The minimum atomic E-state index is -0.387. The van der Waals surface area contributed by atoms with E-state index in [0.717, 1.165) is 35.2 Å². The minimum absolute atomic E-state index is 0.136. The molecule has 0 aliphatic carbocycles. The summed E-state index contributed by atoms with van der Waals surface area (Å²) in [6.07, 6.45) is 7.24. The Kier molecular flexibility index (Phi) is 4.04. The molecule has 1 N–H and O–H groups in total. The second kappa shape index (κ2) is 6.34. The number of halogens is 1. The van der Waals surface area contributed by atoms with E-state index in [1.807, 2.05) is 24.3 Å². The van der Waals surface area contributed by atoms with Crippen molar-refractivity contribution in [1.29, 1.82) is 0 Å². The molecule has 1 aromatic carbocycles. The van der Waals surface area contributed by atoms with Gasteiger partial charge in [0.25, 0.3) is 0 Å². The highest BCUT2D eigenvalue weighted by Crippen LogP contribution is 2.32. The van der Waals surface area contributed by atoms with Crippen LogP contribution in [0.5, 0.6) is 0 Å². The fourth-order valence-corrected chi connectivity index (χ4v) is 3.50. The first kappa shape index (κ1) is 15.3. The molecular weight excluding hydrogens is 324 g/mol. The Morgan fingerprint density at radius 3 is 2.88 bits per heavy atom. The number of anilines is 1. The molecule has 1 saturated heterocycles. The number of benzene rings is 1. The molecule has 0 unspecified atom stereocenters. The predicted octanol–water partition coefficient (Wildman–Crippen LogP) is 2.72. The first-order valence-electron chi connectivity index (χ1n) is 7.93. The summed E-state index contributed by atoms with van der Waals surface area (Å²) in [4.78, 5) is 15.0. The maximum absolute atomic E-state index is 10.5. The maximum Gasteiger partial charge on any atom is 0.0763 e. The standard InChI is InChI=1S/C18H17ClN4O/c19-13-1-2-15-16(8-13)22-4-3-17(15)23-10-12(18(24)11-23)7-14-9-20-5-6-21-14/h1-6,8-9,12,18,24H,7,10-11H2/t12-,18-/m1/s1. The lowest BCUT2D eigenvalue weighted by atomic mass is 10.0. The average Bonchev–Trinajstić information content (AvgIpc) is 2.95. The Morgan fingerprint density at radius 1 is 1.12 bits per heavy atom. The number of aliphatic hydroxyl groups is 1. The number of aliphatic hydroxyl groups excluding tert-OH is 1. The van der Waals surface area contributed by atoms with E-state index in [4.69, 9.17) is 11.6 Å². The molecule has 3 heterocycles. The van der Waals surface area contributed by atoms with Crippen molar-refractivity contribution in [2.75, 3.05) is 18.0 Å². The van der Waals surface area contributed by atoms with Crippen molar-refractivity contribution < 1.29 is 5.11 Å². The largest absolute Gasteiger partial charge is 0.391 e. The fraction of sp³-hybridized carbons (Fsp3) is 0.278. The van der Waals surface area contributed by atoms with Gasteiger partial charge in [-0.25, -0.2) is 0 Å². The SMILES string of the molecule is O[C@@H]1CN(c2ccnc3cc(Cl)ccc23)C[C@H]1Cc1cnccn1. The van der Waals surface area contributed by atoms with Crippen molar-refractivity contribution in [2.24, 2.45) is 5.92 Å².